The lowest BCUT2D eigenvalue weighted by atomic mass is 9.75. The zero-order valence-corrected chi connectivity index (χ0v) is 20.9. The Labute approximate surface area is 207 Å². The number of carbonyl (C=O) groups is 4. The van der Waals surface area contributed by atoms with E-state index < -0.39 is 34.8 Å². The summed E-state index contributed by atoms with van der Waals surface area (Å²) in [7, 11) is 0. The molecule has 1 aromatic carbocycles. The van der Waals surface area contributed by atoms with Crippen molar-refractivity contribution < 1.29 is 23.9 Å². The predicted octanol–water partition coefficient (Wildman–Crippen LogP) is 2.40. The molecule has 3 atom stereocenters. The average Bonchev–Trinajstić information content (AvgIpc) is 2.83. The van der Waals surface area contributed by atoms with Gasteiger partial charge in [-0.25, -0.2) is 4.79 Å². The lowest BCUT2D eigenvalue weighted by Gasteiger charge is -2.42. The molecule has 0 aliphatic carbocycles. The van der Waals surface area contributed by atoms with Gasteiger partial charge in [-0.3, -0.25) is 19.7 Å². The largest absolute Gasteiger partial charge is 0.445 e. The molecule has 2 saturated heterocycles. The van der Waals surface area contributed by atoms with E-state index in [2.05, 4.69) is 21.3 Å². The van der Waals surface area contributed by atoms with Crippen LogP contribution in [0, 0.1) is 11.8 Å². The van der Waals surface area contributed by atoms with Crippen LogP contribution in [0.15, 0.2) is 30.3 Å². The van der Waals surface area contributed by atoms with Crippen LogP contribution in [0.1, 0.15) is 64.9 Å². The summed E-state index contributed by atoms with van der Waals surface area (Å²) in [5, 5.41) is 11.5. The van der Waals surface area contributed by atoms with Gasteiger partial charge >= 0.3 is 6.09 Å². The second-order valence-corrected chi connectivity index (χ2v) is 10.2. The van der Waals surface area contributed by atoms with Gasteiger partial charge in [0.1, 0.15) is 17.7 Å². The zero-order chi connectivity index (χ0) is 25.5. The van der Waals surface area contributed by atoms with Gasteiger partial charge in [-0.15, -0.1) is 0 Å². The van der Waals surface area contributed by atoms with Crippen molar-refractivity contribution in [2.24, 2.45) is 11.8 Å². The third-order valence-electron chi connectivity index (χ3n) is 7.26. The van der Waals surface area contributed by atoms with Crippen LogP contribution < -0.4 is 21.3 Å². The molecular weight excluding hydrogens is 448 g/mol. The van der Waals surface area contributed by atoms with Crippen LogP contribution in [-0.4, -0.2) is 48.0 Å². The van der Waals surface area contributed by atoms with Gasteiger partial charge in [-0.2, -0.15) is 0 Å². The normalized spacial score (nSPS) is 28.5. The maximum absolute atomic E-state index is 13.8. The summed E-state index contributed by atoms with van der Waals surface area (Å²) in [6.07, 6.45) is 3.36. The standard InChI is InChI=1S/C26H38N4O5/c1-18(2)26(30-24(34)35-16-20-10-5-4-6-11-20)13-8-7-9-19-12-14-27-17-28-22(32)21(31)25(3,15-19)29-23(26)33/h4-6,10-11,18-19,27H,7-9,12-17H2,1-3H3,(H,28,32)(H,29,33)(H,30,34)/t19?,25?,26-/m1/s1. The Hall–Kier alpha value is -2.94. The molecule has 0 radical (unpaired) electrons. The van der Waals surface area contributed by atoms with Gasteiger partial charge in [-0.05, 0) is 50.1 Å². The smallest absolute Gasteiger partial charge is 0.408 e. The second-order valence-electron chi connectivity index (χ2n) is 10.2. The number of hydrogen-bond acceptors (Lipinski definition) is 6. The van der Waals surface area contributed by atoms with Crippen molar-refractivity contribution in [3.63, 3.8) is 0 Å². The number of Topliss-reactive ketones (excluding diaryl/α,β-unsaturated/α-hetero) is 1. The van der Waals surface area contributed by atoms with Crippen LogP contribution >= 0.6 is 0 Å². The number of nitrogens with one attached hydrogen (secondary N) is 4. The average molecular weight is 487 g/mol. The van der Waals surface area contributed by atoms with E-state index in [1.807, 2.05) is 44.2 Å². The molecule has 192 valence electrons. The molecule has 0 saturated carbocycles. The number of hydrogen-bond donors (Lipinski definition) is 4. The first-order valence-electron chi connectivity index (χ1n) is 12.5. The molecule has 1 aromatic rings. The Balaban J connectivity index is 1.85. The third kappa shape index (κ3) is 6.60. The number of ether oxygens (including phenoxy) is 1. The van der Waals surface area contributed by atoms with E-state index in [-0.39, 0.29) is 25.1 Å². The Morgan fingerprint density at radius 2 is 1.89 bits per heavy atom. The molecule has 0 aromatic heterocycles. The van der Waals surface area contributed by atoms with Crippen molar-refractivity contribution in [2.75, 3.05) is 13.2 Å². The lowest BCUT2D eigenvalue weighted by molar-refractivity contribution is -0.145. The monoisotopic (exact) mass is 486 g/mol. The fraction of sp³-hybridized carbons (Fsp3) is 0.615. The van der Waals surface area contributed by atoms with E-state index in [1.54, 1.807) is 6.92 Å². The summed E-state index contributed by atoms with van der Waals surface area (Å²) in [6, 6.07) is 9.30. The summed E-state index contributed by atoms with van der Waals surface area (Å²) in [6.45, 7) is 6.34. The van der Waals surface area contributed by atoms with Gasteiger partial charge < -0.3 is 20.7 Å². The second kappa shape index (κ2) is 11.7. The van der Waals surface area contributed by atoms with Gasteiger partial charge in [0.05, 0.1) is 6.67 Å². The van der Waals surface area contributed by atoms with Crippen molar-refractivity contribution >= 4 is 23.7 Å². The SMILES string of the molecule is CC(C)[C@]1(NC(=O)OCc2ccccc2)CCCCC2CCNCNC(=O)C(=O)C(C)(C2)NC1=O. The molecule has 9 nitrogen and oxygen atoms in total. The maximum atomic E-state index is 13.8. The minimum atomic E-state index is -1.38. The molecule has 9 heteroatoms. The maximum Gasteiger partial charge on any atom is 0.408 e. The zero-order valence-electron chi connectivity index (χ0n) is 20.9. The Bertz CT molecular complexity index is 922. The number of carbonyl (C=O) groups excluding carboxylic acids is 4. The number of amides is 3. The van der Waals surface area contributed by atoms with Crippen LogP contribution in [0.4, 0.5) is 4.79 Å². The number of fused-ring (bicyclic) bond motifs is 2. The third-order valence-corrected chi connectivity index (χ3v) is 7.26. The molecule has 3 rings (SSSR count). The number of rotatable bonds is 4. The molecule has 2 fully saturated rings. The minimum absolute atomic E-state index is 0.0779. The summed E-state index contributed by atoms with van der Waals surface area (Å²) in [4.78, 5) is 52.4. The fourth-order valence-corrected chi connectivity index (χ4v) is 5.06. The van der Waals surface area contributed by atoms with Gasteiger partial charge in [0.2, 0.25) is 11.7 Å². The van der Waals surface area contributed by atoms with Crippen molar-refractivity contribution in [3.05, 3.63) is 35.9 Å². The van der Waals surface area contributed by atoms with Gasteiger partial charge in [-0.1, -0.05) is 63.4 Å². The fourth-order valence-electron chi connectivity index (χ4n) is 5.06. The minimum Gasteiger partial charge on any atom is -0.445 e. The summed E-state index contributed by atoms with van der Waals surface area (Å²) in [5.41, 5.74) is -1.82. The predicted molar refractivity (Wildman–Crippen MR) is 131 cm³/mol. The van der Waals surface area contributed by atoms with Crippen LogP contribution in [-0.2, 0) is 25.7 Å². The first kappa shape index (κ1) is 26.7. The Morgan fingerprint density at radius 3 is 2.60 bits per heavy atom. The van der Waals surface area contributed by atoms with E-state index in [0.717, 1.165) is 31.2 Å². The molecule has 2 unspecified atom stereocenters. The number of alkyl carbamates (subject to hydrolysis) is 1. The molecule has 3 amide bonds. The molecule has 4 N–H and O–H groups in total. The van der Waals surface area contributed by atoms with Crippen LogP contribution in [0.5, 0.6) is 0 Å². The lowest BCUT2D eigenvalue weighted by Crippen LogP contribution is -2.68. The Morgan fingerprint density at radius 1 is 1.14 bits per heavy atom. The van der Waals surface area contributed by atoms with E-state index in [9.17, 15) is 19.2 Å². The van der Waals surface area contributed by atoms with Crippen LogP contribution in [0.25, 0.3) is 0 Å². The molecule has 2 bridgehead atoms. The molecule has 2 heterocycles. The number of benzene rings is 1. The highest BCUT2D eigenvalue weighted by molar-refractivity contribution is 6.39. The van der Waals surface area contributed by atoms with Crippen molar-refractivity contribution in [3.8, 4) is 0 Å². The first-order chi connectivity index (χ1) is 16.7. The Kier molecular flexibility index (Phi) is 8.88. The molecule has 35 heavy (non-hydrogen) atoms. The summed E-state index contributed by atoms with van der Waals surface area (Å²) < 4.78 is 5.43. The van der Waals surface area contributed by atoms with E-state index >= 15 is 0 Å². The summed E-state index contributed by atoms with van der Waals surface area (Å²) in [5.74, 6) is -1.98. The van der Waals surface area contributed by atoms with Crippen LogP contribution in [0.3, 0.4) is 0 Å². The first-order valence-corrected chi connectivity index (χ1v) is 12.5. The molecule has 2 aliphatic heterocycles. The van der Waals surface area contributed by atoms with E-state index in [1.165, 1.54) is 0 Å². The van der Waals surface area contributed by atoms with Crippen molar-refractivity contribution in [2.45, 2.75) is 77.0 Å². The highest BCUT2D eigenvalue weighted by Crippen LogP contribution is 2.32. The van der Waals surface area contributed by atoms with Crippen molar-refractivity contribution in [1.82, 2.24) is 21.3 Å². The van der Waals surface area contributed by atoms with Gasteiger partial charge in [0, 0.05) is 0 Å². The van der Waals surface area contributed by atoms with E-state index in [0.29, 0.717) is 19.4 Å². The highest BCUT2D eigenvalue weighted by Gasteiger charge is 2.49. The molecular formula is C26H38N4O5. The van der Waals surface area contributed by atoms with Crippen LogP contribution in [0.2, 0.25) is 0 Å². The van der Waals surface area contributed by atoms with Gasteiger partial charge in [0.25, 0.3) is 5.91 Å². The van der Waals surface area contributed by atoms with E-state index in [4.69, 9.17) is 4.74 Å². The van der Waals surface area contributed by atoms with Crippen molar-refractivity contribution in [1.29, 1.82) is 0 Å². The highest BCUT2D eigenvalue weighted by atomic mass is 16.5. The summed E-state index contributed by atoms with van der Waals surface area (Å²) >= 11 is 0. The quantitative estimate of drug-likeness (QED) is 0.484. The molecule has 0 spiro atoms. The van der Waals surface area contributed by atoms with Gasteiger partial charge in [0.15, 0.2) is 0 Å². The molecule has 2 aliphatic rings. The number of ketones is 1. The topological polar surface area (TPSA) is 126 Å².